The molecule has 0 bridgehead atoms. The number of furan rings is 1. The predicted molar refractivity (Wildman–Crippen MR) is 131 cm³/mol. The maximum atomic E-state index is 13.0. The summed E-state index contributed by atoms with van der Waals surface area (Å²) in [4.78, 5) is 38.0. The quantitative estimate of drug-likeness (QED) is 0.246. The highest BCUT2D eigenvalue weighted by Crippen LogP contribution is 2.34. The molecule has 0 radical (unpaired) electrons. The van der Waals surface area contributed by atoms with Crippen molar-refractivity contribution < 1.29 is 33.0 Å². The molecule has 9 nitrogen and oxygen atoms in total. The molecule has 36 heavy (non-hydrogen) atoms. The van der Waals surface area contributed by atoms with Crippen molar-refractivity contribution >= 4 is 47.2 Å². The summed E-state index contributed by atoms with van der Waals surface area (Å²) in [7, 11) is 2.72. The van der Waals surface area contributed by atoms with Crippen molar-refractivity contribution in [2.45, 2.75) is 13.2 Å². The van der Waals surface area contributed by atoms with Crippen LogP contribution in [-0.4, -0.2) is 37.0 Å². The number of esters is 1. The molecular formula is C25H20Cl2N2O7. The summed E-state index contributed by atoms with van der Waals surface area (Å²) in [6.07, 6.45) is 1.49. The predicted octanol–water partition coefficient (Wildman–Crippen LogP) is 5.05. The third-order valence-electron chi connectivity index (χ3n) is 5.22. The minimum absolute atomic E-state index is 0.0320. The number of halogens is 2. The van der Waals surface area contributed by atoms with Crippen molar-refractivity contribution in [1.82, 2.24) is 10.2 Å². The summed E-state index contributed by atoms with van der Waals surface area (Å²) in [5.74, 6) is -0.223. The van der Waals surface area contributed by atoms with Gasteiger partial charge in [-0.05, 0) is 42.0 Å². The van der Waals surface area contributed by atoms with E-state index in [0.29, 0.717) is 27.1 Å². The van der Waals surface area contributed by atoms with Gasteiger partial charge in [-0.15, -0.1) is 0 Å². The highest BCUT2D eigenvalue weighted by Gasteiger charge is 2.34. The van der Waals surface area contributed by atoms with Crippen molar-refractivity contribution in [1.29, 1.82) is 0 Å². The molecule has 3 aromatic rings. The number of urea groups is 1. The molecule has 2 aromatic carbocycles. The smallest absolute Gasteiger partial charge is 0.373 e. The normalized spacial score (nSPS) is 14.2. The second-order valence-corrected chi connectivity index (χ2v) is 8.37. The van der Waals surface area contributed by atoms with E-state index < -0.39 is 17.9 Å². The molecule has 1 saturated heterocycles. The summed E-state index contributed by atoms with van der Waals surface area (Å²) < 4.78 is 21.4. The number of nitrogens with one attached hydrogen (secondary N) is 1. The van der Waals surface area contributed by atoms with Gasteiger partial charge < -0.3 is 23.9 Å². The second-order valence-electron chi connectivity index (χ2n) is 7.55. The van der Waals surface area contributed by atoms with Gasteiger partial charge in [0.05, 0.1) is 30.8 Å². The van der Waals surface area contributed by atoms with Crippen LogP contribution in [0.4, 0.5) is 4.79 Å². The molecule has 0 aliphatic carbocycles. The number of methoxy groups -OCH3 is 2. The van der Waals surface area contributed by atoms with E-state index in [1.54, 1.807) is 36.4 Å². The van der Waals surface area contributed by atoms with Crippen LogP contribution in [0.1, 0.15) is 27.4 Å². The zero-order valence-corrected chi connectivity index (χ0v) is 20.7. The Morgan fingerprint density at radius 2 is 1.89 bits per heavy atom. The molecule has 1 aliphatic rings. The maximum absolute atomic E-state index is 13.0. The van der Waals surface area contributed by atoms with E-state index in [4.69, 9.17) is 37.1 Å². The molecule has 0 saturated carbocycles. The summed E-state index contributed by atoms with van der Waals surface area (Å²) in [5.41, 5.74) is 1.31. The minimum Gasteiger partial charge on any atom is -0.493 e. The topological polar surface area (TPSA) is 107 Å². The SMILES string of the molecule is COC(=O)c1ccc(CN2C(=O)N/C(=C/c3cccc(OC)c3OCc3ccc(Cl)c(Cl)c3)C2=O)o1. The van der Waals surface area contributed by atoms with Crippen LogP contribution in [0, 0.1) is 0 Å². The van der Waals surface area contributed by atoms with E-state index in [-0.39, 0.29) is 30.4 Å². The van der Waals surface area contributed by atoms with Crippen LogP contribution in [-0.2, 0) is 22.7 Å². The van der Waals surface area contributed by atoms with Gasteiger partial charge in [-0.2, -0.15) is 0 Å². The van der Waals surface area contributed by atoms with Crippen LogP contribution < -0.4 is 14.8 Å². The van der Waals surface area contributed by atoms with Crippen molar-refractivity contribution in [3.63, 3.8) is 0 Å². The van der Waals surface area contributed by atoms with E-state index >= 15 is 0 Å². The number of ether oxygens (including phenoxy) is 3. The number of nitrogens with zero attached hydrogens (tertiary/aromatic N) is 1. The standard InChI is InChI=1S/C25H20Cl2N2O7/c1-33-20-5-3-4-15(22(20)35-13-14-6-8-17(26)18(27)10-14)11-19-23(30)29(25(32)28-19)12-16-7-9-21(36-16)24(31)34-2/h3-11H,12-13H2,1-2H3,(H,28,32)/b19-11+. The number of amides is 3. The number of hydrogen-bond acceptors (Lipinski definition) is 7. The van der Waals surface area contributed by atoms with E-state index in [1.807, 2.05) is 0 Å². The lowest BCUT2D eigenvalue weighted by Gasteiger charge is -2.14. The Hall–Kier alpha value is -3.95. The number of imide groups is 1. The first-order chi connectivity index (χ1) is 17.3. The zero-order valence-electron chi connectivity index (χ0n) is 19.2. The minimum atomic E-state index is -0.662. The van der Waals surface area contributed by atoms with Crippen molar-refractivity contribution in [2.24, 2.45) is 0 Å². The first-order valence-electron chi connectivity index (χ1n) is 10.6. The lowest BCUT2D eigenvalue weighted by atomic mass is 10.1. The van der Waals surface area contributed by atoms with Gasteiger partial charge in [-0.3, -0.25) is 9.69 Å². The highest BCUT2D eigenvalue weighted by atomic mass is 35.5. The fourth-order valence-corrected chi connectivity index (χ4v) is 3.77. The van der Waals surface area contributed by atoms with Crippen molar-refractivity contribution in [3.8, 4) is 11.5 Å². The zero-order chi connectivity index (χ0) is 25.8. The molecular weight excluding hydrogens is 511 g/mol. The van der Waals surface area contributed by atoms with Crippen LogP contribution >= 0.6 is 23.2 Å². The van der Waals surface area contributed by atoms with Crippen molar-refractivity contribution in [2.75, 3.05) is 14.2 Å². The highest BCUT2D eigenvalue weighted by molar-refractivity contribution is 6.42. The Morgan fingerprint density at radius 3 is 2.61 bits per heavy atom. The number of carbonyl (C=O) groups is 3. The average Bonchev–Trinajstić information content (AvgIpc) is 3.45. The Kier molecular flexibility index (Phi) is 7.52. The monoisotopic (exact) mass is 530 g/mol. The van der Waals surface area contributed by atoms with Gasteiger partial charge in [0.15, 0.2) is 11.5 Å². The molecule has 2 heterocycles. The third-order valence-corrected chi connectivity index (χ3v) is 5.96. The van der Waals surface area contributed by atoms with E-state index in [0.717, 1.165) is 10.5 Å². The maximum Gasteiger partial charge on any atom is 0.373 e. The summed E-state index contributed by atoms with van der Waals surface area (Å²) in [5, 5.41) is 3.38. The van der Waals surface area contributed by atoms with Gasteiger partial charge >= 0.3 is 12.0 Å². The van der Waals surface area contributed by atoms with Crippen LogP contribution in [0.25, 0.3) is 6.08 Å². The van der Waals surface area contributed by atoms with Crippen LogP contribution in [0.15, 0.2) is 58.6 Å². The first-order valence-corrected chi connectivity index (χ1v) is 11.3. The number of carbonyl (C=O) groups excluding carboxylic acids is 3. The Balaban J connectivity index is 1.56. The lowest BCUT2D eigenvalue weighted by Crippen LogP contribution is -2.30. The molecule has 1 aliphatic heterocycles. The molecule has 1 fully saturated rings. The van der Waals surface area contributed by atoms with E-state index in [9.17, 15) is 14.4 Å². The number of benzene rings is 2. The van der Waals surface area contributed by atoms with Crippen molar-refractivity contribution in [3.05, 3.63) is 86.9 Å². The van der Waals surface area contributed by atoms with Crippen LogP contribution in [0.3, 0.4) is 0 Å². The summed E-state index contributed by atoms with van der Waals surface area (Å²) in [6.45, 7) is -0.0152. The molecule has 186 valence electrons. The number of para-hydroxylation sites is 1. The molecule has 1 aromatic heterocycles. The summed E-state index contributed by atoms with van der Waals surface area (Å²) >= 11 is 12.1. The fraction of sp³-hybridized carbons (Fsp3) is 0.160. The van der Waals surface area contributed by atoms with Crippen LogP contribution in [0.5, 0.6) is 11.5 Å². The Bertz CT molecular complexity index is 1370. The molecule has 0 atom stereocenters. The second kappa shape index (κ2) is 10.8. The fourth-order valence-electron chi connectivity index (χ4n) is 3.45. The molecule has 0 spiro atoms. The van der Waals surface area contributed by atoms with Gasteiger partial charge in [0.1, 0.15) is 18.1 Å². The Morgan fingerprint density at radius 1 is 1.08 bits per heavy atom. The largest absolute Gasteiger partial charge is 0.493 e. The first kappa shape index (κ1) is 25.2. The molecule has 3 amide bonds. The average molecular weight is 531 g/mol. The van der Waals surface area contributed by atoms with Gasteiger partial charge in [0.2, 0.25) is 5.76 Å². The lowest BCUT2D eigenvalue weighted by molar-refractivity contribution is -0.123. The molecule has 0 unspecified atom stereocenters. The third kappa shape index (κ3) is 5.32. The molecule has 1 N–H and O–H groups in total. The number of hydrogen-bond donors (Lipinski definition) is 1. The Labute approximate surface area is 216 Å². The summed E-state index contributed by atoms with van der Waals surface area (Å²) in [6, 6.07) is 12.6. The molecule has 4 rings (SSSR count). The van der Waals surface area contributed by atoms with Crippen LogP contribution in [0.2, 0.25) is 10.0 Å². The van der Waals surface area contributed by atoms with E-state index in [2.05, 4.69) is 10.1 Å². The molecule has 11 heteroatoms. The van der Waals surface area contributed by atoms with Gasteiger partial charge in [-0.25, -0.2) is 9.59 Å². The van der Waals surface area contributed by atoms with E-state index in [1.165, 1.54) is 32.4 Å². The van der Waals surface area contributed by atoms with Gasteiger partial charge in [0, 0.05) is 5.56 Å². The van der Waals surface area contributed by atoms with Gasteiger partial charge in [-0.1, -0.05) is 41.4 Å². The van der Waals surface area contributed by atoms with Gasteiger partial charge in [0.25, 0.3) is 5.91 Å². The number of rotatable bonds is 8.